The van der Waals surface area contributed by atoms with E-state index < -0.39 is 0 Å². The molecule has 16 heavy (non-hydrogen) atoms. The van der Waals surface area contributed by atoms with Crippen molar-refractivity contribution in [2.45, 2.75) is 32.0 Å². The van der Waals surface area contributed by atoms with Crippen molar-refractivity contribution in [3.63, 3.8) is 0 Å². The molecule has 2 aromatic heterocycles. The molecule has 1 aliphatic rings. The van der Waals surface area contributed by atoms with Crippen LogP contribution in [0.25, 0.3) is 0 Å². The Balaban J connectivity index is 1.58. The fraction of sp³-hybridized carbons (Fsp3) is 0.417. The second-order valence-electron chi connectivity index (χ2n) is 4.32. The molecular weight excluding hydrogens is 218 g/mol. The SMILES string of the molecule is c1ncc(Cn2ccc(CNC3CC3)c2)s1. The molecule has 0 radical (unpaired) electrons. The Morgan fingerprint density at radius 3 is 3.19 bits per heavy atom. The van der Waals surface area contributed by atoms with Gasteiger partial charge in [-0.1, -0.05) is 0 Å². The number of nitrogens with zero attached hydrogens (tertiary/aromatic N) is 2. The highest BCUT2D eigenvalue weighted by atomic mass is 32.1. The lowest BCUT2D eigenvalue weighted by atomic mass is 10.3. The number of hydrogen-bond acceptors (Lipinski definition) is 3. The molecule has 0 unspecified atom stereocenters. The summed E-state index contributed by atoms with van der Waals surface area (Å²) in [5.41, 5.74) is 3.26. The van der Waals surface area contributed by atoms with Gasteiger partial charge in [0, 0.05) is 36.1 Å². The van der Waals surface area contributed by atoms with E-state index in [1.807, 2.05) is 11.7 Å². The molecule has 0 bridgehead atoms. The van der Waals surface area contributed by atoms with Crippen molar-refractivity contribution in [2.75, 3.05) is 0 Å². The average molecular weight is 233 g/mol. The van der Waals surface area contributed by atoms with E-state index in [2.05, 4.69) is 33.3 Å². The minimum absolute atomic E-state index is 0.782. The molecule has 3 nitrogen and oxygen atoms in total. The Labute approximate surface area is 99.1 Å². The fourth-order valence-electron chi connectivity index (χ4n) is 1.74. The van der Waals surface area contributed by atoms with Crippen LogP contribution in [0.15, 0.2) is 30.2 Å². The van der Waals surface area contributed by atoms with Gasteiger partial charge in [-0.25, -0.2) is 0 Å². The van der Waals surface area contributed by atoms with E-state index in [0.717, 1.165) is 19.1 Å². The molecular formula is C12H15N3S. The molecule has 0 atom stereocenters. The van der Waals surface area contributed by atoms with E-state index in [9.17, 15) is 0 Å². The summed E-state index contributed by atoms with van der Waals surface area (Å²) in [6.07, 6.45) is 8.99. The maximum absolute atomic E-state index is 4.09. The number of rotatable bonds is 5. The highest BCUT2D eigenvalue weighted by Crippen LogP contribution is 2.19. The smallest absolute Gasteiger partial charge is 0.0794 e. The third-order valence-corrected chi connectivity index (χ3v) is 3.57. The normalized spacial score (nSPS) is 15.5. The first kappa shape index (κ1) is 10.1. The minimum Gasteiger partial charge on any atom is -0.349 e. The second kappa shape index (κ2) is 4.39. The Kier molecular flexibility index (Phi) is 2.76. The van der Waals surface area contributed by atoms with Crippen LogP contribution in [-0.2, 0) is 13.1 Å². The number of thiazole rings is 1. The van der Waals surface area contributed by atoms with Gasteiger partial charge in [0.05, 0.1) is 12.1 Å². The van der Waals surface area contributed by atoms with Crippen molar-refractivity contribution in [2.24, 2.45) is 0 Å². The van der Waals surface area contributed by atoms with Gasteiger partial charge in [-0.3, -0.25) is 4.98 Å². The molecule has 1 fully saturated rings. The maximum Gasteiger partial charge on any atom is 0.0794 e. The van der Waals surface area contributed by atoms with Crippen molar-refractivity contribution >= 4 is 11.3 Å². The zero-order chi connectivity index (χ0) is 10.8. The molecule has 4 heteroatoms. The van der Waals surface area contributed by atoms with Crippen LogP contribution >= 0.6 is 11.3 Å². The van der Waals surface area contributed by atoms with Crippen LogP contribution in [0.5, 0.6) is 0 Å². The molecule has 0 aromatic carbocycles. The minimum atomic E-state index is 0.782. The van der Waals surface area contributed by atoms with Gasteiger partial charge in [0.1, 0.15) is 0 Å². The van der Waals surface area contributed by atoms with Crippen LogP contribution in [0.2, 0.25) is 0 Å². The van der Waals surface area contributed by atoms with E-state index in [0.29, 0.717) is 0 Å². The van der Waals surface area contributed by atoms with Crippen molar-refractivity contribution in [1.29, 1.82) is 0 Å². The molecule has 3 rings (SSSR count). The highest BCUT2D eigenvalue weighted by molar-refractivity contribution is 7.09. The Morgan fingerprint density at radius 2 is 2.44 bits per heavy atom. The number of hydrogen-bond donors (Lipinski definition) is 1. The first-order valence-corrected chi connectivity index (χ1v) is 6.53. The van der Waals surface area contributed by atoms with Crippen molar-refractivity contribution in [3.05, 3.63) is 40.6 Å². The molecule has 0 amide bonds. The standard InChI is InChI=1S/C12H15N3S/c1-2-11(1)14-5-10-3-4-15(7-10)8-12-6-13-9-16-12/h3-4,6-7,9,11,14H,1-2,5,8H2. The fourth-order valence-corrected chi connectivity index (χ4v) is 2.35. The quantitative estimate of drug-likeness (QED) is 0.858. The van der Waals surface area contributed by atoms with Crippen molar-refractivity contribution in [1.82, 2.24) is 14.9 Å². The lowest BCUT2D eigenvalue weighted by Gasteiger charge is -2.00. The molecule has 0 aliphatic heterocycles. The summed E-state index contributed by atoms with van der Waals surface area (Å²) < 4.78 is 2.22. The van der Waals surface area contributed by atoms with E-state index in [4.69, 9.17) is 0 Å². The highest BCUT2D eigenvalue weighted by Gasteiger charge is 2.19. The van der Waals surface area contributed by atoms with Gasteiger partial charge >= 0.3 is 0 Å². The van der Waals surface area contributed by atoms with Gasteiger partial charge in [0.25, 0.3) is 0 Å². The summed E-state index contributed by atoms with van der Waals surface area (Å²) >= 11 is 1.71. The summed E-state index contributed by atoms with van der Waals surface area (Å²) in [7, 11) is 0. The third-order valence-electron chi connectivity index (χ3n) is 2.81. The molecule has 0 saturated heterocycles. The Hall–Kier alpha value is -1.13. The molecule has 0 spiro atoms. The molecule has 1 N–H and O–H groups in total. The van der Waals surface area contributed by atoms with Gasteiger partial charge in [-0.15, -0.1) is 11.3 Å². The molecule has 2 heterocycles. The lowest BCUT2D eigenvalue weighted by molar-refractivity contribution is 0.685. The maximum atomic E-state index is 4.09. The van der Waals surface area contributed by atoms with Crippen molar-refractivity contribution < 1.29 is 0 Å². The van der Waals surface area contributed by atoms with E-state index in [-0.39, 0.29) is 0 Å². The topological polar surface area (TPSA) is 29.9 Å². The van der Waals surface area contributed by atoms with E-state index in [1.54, 1.807) is 11.3 Å². The zero-order valence-corrected chi connectivity index (χ0v) is 9.91. The van der Waals surface area contributed by atoms with Crippen LogP contribution < -0.4 is 5.32 Å². The van der Waals surface area contributed by atoms with Gasteiger partial charge in [-0.2, -0.15) is 0 Å². The second-order valence-corrected chi connectivity index (χ2v) is 5.29. The van der Waals surface area contributed by atoms with Gasteiger partial charge in [0.2, 0.25) is 0 Å². The van der Waals surface area contributed by atoms with Crippen LogP contribution in [0.4, 0.5) is 0 Å². The van der Waals surface area contributed by atoms with E-state index in [1.165, 1.54) is 23.3 Å². The predicted molar refractivity (Wildman–Crippen MR) is 65.5 cm³/mol. The van der Waals surface area contributed by atoms with Crippen LogP contribution in [0, 0.1) is 0 Å². The lowest BCUT2D eigenvalue weighted by Crippen LogP contribution is -2.14. The van der Waals surface area contributed by atoms with Gasteiger partial charge < -0.3 is 9.88 Å². The summed E-state index contributed by atoms with van der Waals surface area (Å²) in [5.74, 6) is 0. The Morgan fingerprint density at radius 1 is 1.50 bits per heavy atom. The third kappa shape index (κ3) is 2.51. The Bertz CT molecular complexity index is 443. The summed E-state index contributed by atoms with van der Waals surface area (Å²) in [6.45, 7) is 1.94. The van der Waals surface area contributed by atoms with Crippen molar-refractivity contribution in [3.8, 4) is 0 Å². The first-order chi connectivity index (χ1) is 7.90. The summed E-state index contributed by atoms with van der Waals surface area (Å²) in [4.78, 5) is 5.39. The molecule has 1 aliphatic carbocycles. The molecule has 84 valence electrons. The van der Waals surface area contributed by atoms with Gasteiger partial charge in [-0.05, 0) is 24.5 Å². The zero-order valence-electron chi connectivity index (χ0n) is 9.10. The summed E-state index contributed by atoms with van der Waals surface area (Å²) in [6, 6.07) is 2.97. The number of nitrogens with one attached hydrogen (secondary N) is 1. The molecule has 2 aromatic rings. The van der Waals surface area contributed by atoms with Crippen LogP contribution in [0.1, 0.15) is 23.3 Å². The largest absolute Gasteiger partial charge is 0.349 e. The number of aromatic nitrogens is 2. The summed E-state index contributed by atoms with van der Waals surface area (Å²) in [5, 5.41) is 3.52. The molecule has 1 saturated carbocycles. The van der Waals surface area contributed by atoms with Crippen LogP contribution in [-0.4, -0.2) is 15.6 Å². The van der Waals surface area contributed by atoms with E-state index >= 15 is 0 Å². The van der Waals surface area contributed by atoms with Gasteiger partial charge in [0.15, 0.2) is 0 Å². The predicted octanol–water partition coefficient (Wildman–Crippen LogP) is 2.24. The average Bonchev–Trinajstić information content (AvgIpc) is 2.78. The first-order valence-electron chi connectivity index (χ1n) is 5.65. The van der Waals surface area contributed by atoms with Crippen LogP contribution in [0.3, 0.4) is 0 Å². The monoisotopic (exact) mass is 233 g/mol.